The highest BCUT2D eigenvalue weighted by molar-refractivity contribution is 5.99. The van der Waals surface area contributed by atoms with Gasteiger partial charge in [0, 0.05) is 70.2 Å². The zero-order valence-electron chi connectivity index (χ0n) is 25.9. The quantitative estimate of drug-likeness (QED) is 0.293. The Kier molecular flexibility index (Phi) is 11.9. The van der Waals surface area contributed by atoms with Crippen molar-refractivity contribution in [2.75, 3.05) is 65.6 Å². The van der Waals surface area contributed by atoms with Crippen molar-refractivity contribution in [2.45, 2.75) is 45.6 Å². The number of hydrogen-bond acceptors (Lipinski definition) is 9. The number of rotatable bonds is 12. The molecule has 1 aromatic heterocycles. The van der Waals surface area contributed by atoms with Crippen molar-refractivity contribution in [2.24, 2.45) is 0 Å². The number of fused-ring (bicyclic) bond motifs is 1. The standard InChI is InChI=1S/C31H42N6O8/c1-3-4-17-44-31(43)37-15-13-36(14-16-37)30(42)23(7-8-28(39)40)34-29(41)25-19-26(22-6-5-21(2)18-24(22)33-25)45-20-27(38)35-11-9-32-10-12-35/h5-6,18-19,23,32H,3-4,7-17,20H2,1-2H3,(H,34,41)(H,39,40). The summed E-state index contributed by atoms with van der Waals surface area (Å²) >= 11 is 0. The summed E-state index contributed by atoms with van der Waals surface area (Å²) in [4.78, 5) is 72.7. The molecular formula is C31H42N6O8. The summed E-state index contributed by atoms with van der Waals surface area (Å²) in [5.41, 5.74) is 1.34. The molecule has 244 valence electrons. The van der Waals surface area contributed by atoms with Gasteiger partial charge in [0.2, 0.25) is 5.91 Å². The fourth-order valence-corrected chi connectivity index (χ4v) is 5.17. The number of unbranched alkanes of at least 4 members (excludes halogenated alkanes) is 1. The molecule has 3 N–H and O–H groups in total. The smallest absolute Gasteiger partial charge is 0.409 e. The minimum atomic E-state index is -1.13. The monoisotopic (exact) mass is 626 g/mol. The Morgan fingerprint density at radius 2 is 1.71 bits per heavy atom. The first kappa shape index (κ1) is 33.4. The minimum Gasteiger partial charge on any atom is -0.483 e. The first-order chi connectivity index (χ1) is 21.7. The van der Waals surface area contributed by atoms with Crippen LogP contribution < -0.4 is 15.4 Å². The van der Waals surface area contributed by atoms with Crippen molar-refractivity contribution in [3.05, 3.63) is 35.5 Å². The molecule has 14 heteroatoms. The highest BCUT2D eigenvalue weighted by Gasteiger charge is 2.31. The maximum Gasteiger partial charge on any atom is 0.409 e. The van der Waals surface area contributed by atoms with E-state index in [0.717, 1.165) is 18.4 Å². The summed E-state index contributed by atoms with van der Waals surface area (Å²) < 4.78 is 11.2. The lowest BCUT2D eigenvalue weighted by Gasteiger charge is -2.36. The van der Waals surface area contributed by atoms with Crippen LogP contribution in [0.1, 0.15) is 48.7 Å². The van der Waals surface area contributed by atoms with E-state index in [1.54, 1.807) is 11.0 Å². The Balaban J connectivity index is 1.47. The zero-order valence-corrected chi connectivity index (χ0v) is 25.9. The Morgan fingerprint density at radius 1 is 1.00 bits per heavy atom. The van der Waals surface area contributed by atoms with Gasteiger partial charge in [0.05, 0.1) is 12.1 Å². The summed E-state index contributed by atoms with van der Waals surface area (Å²) in [6, 6.07) is 5.77. The van der Waals surface area contributed by atoms with Gasteiger partial charge in [0.15, 0.2) is 6.61 Å². The fraction of sp³-hybridized carbons (Fsp3) is 0.548. The lowest BCUT2D eigenvalue weighted by Crippen LogP contribution is -2.56. The van der Waals surface area contributed by atoms with E-state index in [0.29, 0.717) is 49.4 Å². The second-order valence-corrected chi connectivity index (χ2v) is 11.2. The van der Waals surface area contributed by atoms with Crippen LogP contribution in [0.2, 0.25) is 0 Å². The van der Waals surface area contributed by atoms with Gasteiger partial charge in [0.25, 0.3) is 11.8 Å². The van der Waals surface area contributed by atoms with Crippen molar-refractivity contribution in [1.29, 1.82) is 0 Å². The molecule has 0 bridgehead atoms. The lowest BCUT2D eigenvalue weighted by molar-refractivity contribution is -0.138. The molecule has 1 atom stereocenters. The van der Waals surface area contributed by atoms with Gasteiger partial charge >= 0.3 is 12.1 Å². The largest absolute Gasteiger partial charge is 0.483 e. The van der Waals surface area contributed by atoms with E-state index in [-0.39, 0.29) is 57.2 Å². The molecule has 0 spiro atoms. The first-order valence-electron chi connectivity index (χ1n) is 15.4. The van der Waals surface area contributed by atoms with Gasteiger partial charge in [-0.2, -0.15) is 0 Å². The number of ether oxygens (including phenoxy) is 2. The highest BCUT2D eigenvalue weighted by Crippen LogP contribution is 2.27. The van der Waals surface area contributed by atoms with E-state index >= 15 is 0 Å². The normalized spacial score (nSPS) is 15.8. The van der Waals surface area contributed by atoms with E-state index in [1.165, 1.54) is 15.9 Å². The third-order valence-corrected chi connectivity index (χ3v) is 7.80. The molecule has 1 aromatic carbocycles. The van der Waals surface area contributed by atoms with Gasteiger partial charge in [-0.05, 0) is 37.5 Å². The number of nitrogens with zero attached hydrogens (tertiary/aromatic N) is 4. The Morgan fingerprint density at radius 3 is 2.40 bits per heavy atom. The van der Waals surface area contributed by atoms with E-state index in [4.69, 9.17) is 9.47 Å². The molecule has 14 nitrogen and oxygen atoms in total. The predicted octanol–water partition coefficient (Wildman–Crippen LogP) is 1.40. The number of pyridine rings is 1. The molecule has 0 saturated carbocycles. The molecule has 0 aliphatic carbocycles. The van der Waals surface area contributed by atoms with Crippen LogP contribution in [0.15, 0.2) is 24.3 Å². The first-order valence-corrected chi connectivity index (χ1v) is 15.4. The average Bonchev–Trinajstić information content (AvgIpc) is 3.05. The molecule has 2 aromatic rings. The van der Waals surface area contributed by atoms with Crippen LogP contribution in [0.3, 0.4) is 0 Å². The summed E-state index contributed by atoms with van der Waals surface area (Å²) in [5, 5.41) is 15.8. The second-order valence-electron chi connectivity index (χ2n) is 11.2. The van der Waals surface area contributed by atoms with Crippen molar-refractivity contribution >= 4 is 40.7 Å². The maximum atomic E-state index is 13.5. The number of carboxylic acids is 1. The molecule has 2 aliphatic rings. The predicted molar refractivity (Wildman–Crippen MR) is 164 cm³/mol. The number of aryl methyl sites for hydroxylation is 1. The van der Waals surface area contributed by atoms with Crippen LogP contribution in [0, 0.1) is 6.92 Å². The van der Waals surface area contributed by atoms with Gasteiger partial charge in [-0.25, -0.2) is 9.78 Å². The van der Waals surface area contributed by atoms with Crippen molar-refractivity contribution in [1.82, 2.24) is 30.3 Å². The van der Waals surface area contributed by atoms with Crippen molar-refractivity contribution < 1.29 is 38.6 Å². The zero-order chi connectivity index (χ0) is 32.3. The Bertz CT molecular complexity index is 1390. The number of hydrogen-bond donors (Lipinski definition) is 3. The van der Waals surface area contributed by atoms with Gasteiger partial charge in [0.1, 0.15) is 17.5 Å². The number of carbonyl (C=O) groups excluding carboxylic acids is 4. The fourth-order valence-electron chi connectivity index (χ4n) is 5.17. The number of nitrogens with one attached hydrogen (secondary N) is 2. The number of carbonyl (C=O) groups is 5. The Hall–Kier alpha value is -4.46. The molecule has 4 rings (SSSR count). The van der Waals surface area contributed by atoms with Crippen LogP contribution in [0.25, 0.3) is 10.9 Å². The molecule has 2 saturated heterocycles. The summed E-state index contributed by atoms with van der Waals surface area (Å²) in [7, 11) is 0. The average molecular weight is 627 g/mol. The number of piperazine rings is 2. The summed E-state index contributed by atoms with van der Waals surface area (Å²) in [6.45, 7) is 7.52. The maximum absolute atomic E-state index is 13.5. The molecule has 0 radical (unpaired) electrons. The molecule has 45 heavy (non-hydrogen) atoms. The van der Waals surface area contributed by atoms with Gasteiger partial charge in [-0.3, -0.25) is 19.2 Å². The van der Waals surface area contributed by atoms with Crippen LogP contribution >= 0.6 is 0 Å². The number of amides is 4. The number of benzene rings is 1. The minimum absolute atomic E-state index is 0.0366. The molecule has 2 aliphatic heterocycles. The third-order valence-electron chi connectivity index (χ3n) is 7.80. The van der Waals surface area contributed by atoms with Crippen LogP contribution in [0.4, 0.5) is 4.79 Å². The van der Waals surface area contributed by atoms with Crippen LogP contribution in [-0.4, -0.2) is 126 Å². The van der Waals surface area contributed by atoms with E-state index < -0.39 is 29.9 Å². The van der Waals surface area contributed by atoms with Crippen LogP contribution in [0.5, 0.6) is 5.75 Å². The van der Waals surface area contributed by atoms with Gasteiger partial charge < -0.3 is 39.9 Å². The topological polar surface area (TPSA) is 171 Å². The molecule has 1 unspecified atom stereocenters. The number of carboxylic acid groups (broad SMARTS) is 1. The molecule has 2 fully saturated rings. The van der Waals surface area contributed by atoms with Crippen molar-refractivity contribution in [3.63, 3.8) is 0 Å². The summed E-state index contributed by atoms with van der Waals surface area (Å²) in [6.07, 6.45) is 0.764. The molecule has 4 amide bonds. The van der Waals surface area contributed by atoms with E-state index in [9.17, 15) is 29.1 Å². The highest BCUT2D eigenvalue weighted by atomic mass is 16.6. The van der Waals surface area contributed by atoms with Crippen molar-refractivity contribution in [3.8, 4) is 5.75 Å². The third kappa shape index (κ3) is 9.27. The van der Waals surface area contributed by atoms with Gasteiger partial charge in [-0.15, -0.1) is 0 Å². The van der Waals surface area contributed by atoms with Crippen LogP contribution in [-0.2, 0) is 19.1 Å². The summed E-state index contributed by atoms with van der Waals surface area (Å²) in [5.74, 6) is -2.11. The number of aromatic nitrogens is 1. The lowest BCUT2D eigenvalue weighted by atomic mass is 10.1. The Labute approximate surface area is 262 Å². The molecule has 3 heterocycles. The van der Waals surface area contributed by atoms with Gasteiger partial charge in [-0.1, -0.05) is 19.4 Å². The second kappa shape index (κ2) is 16.0. The number of aliphatic carboxylic acids is 1. The SMILES string of the molecule is CCCCOC(=O)N1CCN(C(=O)C(CCC(=O)O)NC(=O)c2cc(OCC(=O)N3CCNCC3)c3ccc(C)cc3n2)CC1. The molecular weight excluding hydrogens is 584 g/mol. The van der Waals surface area contributed by atoms with E-state index in [2.05, 4.69) is 15.6 Å². The van der Waals surface area contributed by atoms with E-state index in [1.807, 2.05) is 26.0 Å².